The first-order valence-corrected chi connectivity index (χ1v) is 7.23. The second-order valence-electron chi connectivity index (χ2n) is 4.69. The van der Waals surface area contributed by atoms with Crippen LogP contribution in [0, 0.1) is 0 Å². The van der Waals surface area contributed by atoms with Gasteiger partial charge < -0.3 is 10.4 Å². The molecule has 1 unspecified atom stereocenters. The summed E-state index contributed by atoms with van der Waals surface area (Å²) in [6.07, 6.45) is 2.32. The Morgan fingerprint density at radius 2 is 2.10 bits per heavy atom. The van der Waals surface area contributed by atoms with E-state index in [4.69, 9.17) is 11.6 Å². The molecule has 112 valence electrons. The second-order valence-corrected chi connectivity index (χ2v) is 5.07. The van der Waals surface area contributed by atoms with Gasteiger partial charge in [-0.05, 0) is 12.0 Å². The topological polar surface area (TPSA) is 67.2 Å². The van der Waals surface area contributed by atoms with Gasteiger partial charge in [0.1, 0.15) is 5.02 Å². The fourth-order valence-corrected chi connectivity index (χ4v) is 2.25. The van der Waals surface area contributed by atoms with Crippen LogP contribution in [-0.4, -0.2) is 21.5 Å². The molecule has 1 heterocycles. The molecule has 1 aromatic carbocycles. The molecule has 1 atom stereocenters. The number of halogens is 1. The minimum absolute atomic E-state index is 0.0906. The SMILES string of the molecule is CCCn1ncc(NC(CO)c2ccccc2)c(Cl)c1=O. The molecular weight excluding hydrogens is 290 g/mol. The van der Waals surface area contributed by atoms with Crippen molar-refractivity contribution in [2.24, 2.45) is 0 Å². The highest BCUT2D eigenvalue weighted by Gasteiger charge is 2.14. The molecule has 0 aliphatic rings. The third-order valence-corrected chi connectivity index (χ3v) is 3.50. The van der Waals surface area contributed by atoms with E-state index in [1.54, 1.807) is 0 Å². The number of aryl methyl sites for hydroxylation is 1. The molecule has 6 heteroatoms. The molecule has 0 saturated carbocycles. The molecule has 2 aromatic rings. The van der Waals surface area contributed by atoms with E-state index in [0.717, 1.165) is 12.0 Å². The summed E-state index contributed by atoms with van der Waals surface area (Å²) >= 11 is 6.11. The third-order valence-electron chi connectivity index (χ3n) is 3.13. The molecule has 0 aliphatic heterocycles. The van der Waals surface area contributed by atoms with Crippen molar-refractivity contribution in [3.05, 3.63) is 57.5 Å². The molecule has 2 N–H and O–H groups in total. The van der Waals surface area contributed by atoms with Crippen molar-refractivity contribution in [3.63, 3.8) is 0 Å². The van der Waals surface area contributed by atoms with Crippen molar-refractivity contribution in [3.8, 4) is 0 Å². The van der Waals surface area contributed by atoms with Crippen LogP contribution in [0.15, 0.2) is 41.3 Å². The van der Waals surface area contributed by atoms with Crippen LogP contribution >= 0.6 is 11.6 Å². The van der Waals surface area contributed by atoms with E-state index in [1.165, 1.54) is 10.9 Å². The lowest BCUT2D eigenvalue weighted by Crippen LogP contribution is -2.25. The lowest BCUT2D eigenvalue weighted by molar-refractivity contribution is 0.276. The number of nitrogens with one attached hydrogen (secondary N) is 1. The molecule has 2 rings (SSSR count). The molecule has 0 saturated heterocycles. The third kappa shape index (κ3) is 3.62. The van der Waals surface area contributed by atoms with Crippen molar-refractivity contribution < 1.29 is 5.11 Å². The summed E-state index contributed by atoms with van der Waals surface area (Å²) in [5.41, 5.74) is 1.01. The number of nitrogens with zero attached hydrogens (tertiary/aromatic N) is 2. The van der Waals surface area contributed by atoms with E-state index < -0.39 is 0 Å². The zero-order valence-electron chi connectivity index (χ0n) is 11.8. The van der Waals surface area contributed by atoms with Gasteiger partial charge in [-0.25, -0.2) is 4.68 Å². The molecular formula is C15H18ClN3O2. The molecule has 0 spiro atoms. The first-order valence-electron chi connectivity index (χ1n) is 6.85. The maximum atomic E-state index is 12.1. The van der Waals surface area contributed by atoms with Crippen LogP contribution in [0.2, 0.25) is 5.02 Å². The summed E-state index contributed by atoms with van der Waals surface area (Å²) < 4.78 is 1.34. The van der Waals surface area contributed by atoms with Gasteiger partial charge in [-0.2, -0.15) is 5.10 Å². The fraction of sp³-hybridized carbons (Fsp3) is 0.333. The second kappa shape index (κ2) is 7.24. The van der Waals surface area contributed by atoms with E-state index in [9.17, 15) is 9.90 Å². The summed E-state index contributed by atoms with van der Waals surface area (Å²) in [6, 6.07) is 9.13. The molecule has 0 amide bonds. The highest BCUT2D eigenvalue weighted by molar-refractivity contribution is 6.32. The number of anilines is 1. The van der Waals surface area contributed by atoms with Gasteiger partial charge in [0.15, 0.2) is 0 Å². The minimum Gasteiger partial charge on any atom is -0.394 e. The van der Waals surface area contributed by atoms with Crippen molar-refractivity contribution in [1.29, 1.82) is 0 Å². The number of rotatable bonds is 6. The van der Waals surface area contributed by atoms with E-state index in [2.05, 4.69) is 10.4 Å². The molecule has 21 heavy (non-hydrogen) atoms. The molecule has 0 bridgehead atoms. The Labute approximate surface area is 128 Å². The van der Waals surface area contributed by atoms with Gasteiger partial charge in [0, 0.05) is 6.54 Å². The number of benzene rings is 1. The number of aromatic nitrogens is 2. The predicted octanol–water partition coefficient (Wildman–Crippen LogP) is 2.45. The number of aliphatic hydroxyl groups is 1. The number of aliphatic hydroxyl groups excluding tert-OH is 1. The van der Waals surface area contributed by atoms with Crippen LogP contribution < -0.4 is 10.9 Å². The first-order chi connectivity index (χ1) is 10.2. The van der Waals surface area contributed by atoms with Crippen LogP contribution in [0.3, 0.4) is 0 Å². The Morgan fingerprint density at radius 3 is 2.71 bits per heavy atom. The van der Waals surface area contributed by atoms with Gasteiger partial charge in [0.25, 0.3) is 5.56 Å². The Balaban J connectivity index is 2.26. The zero-order chi connectivity index (χ0) is 15.2. The molecule has 5 nitrogen and oxygen atoms in total. The first kappa shape index (κ1) is 15.5. The van der Waals surface area contributed by atoms with Crippen LogP contribution in [0.4, 0.5) is 5.69 Å². The maximum absolute atomic E-state index is 12.1. The maximum Gasteiger partial charge on any atom is 0.287 e. The monoisotopic (exact) mass is 307 g/mol. The van der Waals surface area contributed by atoms with Crippen molar-refractivity contribution in [1.82, 2.24) is 9.78 Å². The van der Waals surface area contributed by atoms with Crippen molar-refractivity contribution in [2.75, 3.05) is 11.9 Å². The standard InChI is InChI=1S/C15H18ClN3O2/c1-2-8-19-15(21)14(16)12(9-17-19)18-13(10-20)11-6-4-3-5-7-11/h3-7,9,13,18,20H,2,8,10H2,1H3. The summed E-state index contributed by atoms with van der Waals surface area (Å²) in [4.78, 5) is 12.1. The predicted molar refractivity (Wildman–Crippen MR) is 83.7 cm³/mol. The van der Waals surface area contributed by atoms with Crippen molar-refractivity contribution >= 4 is 17.3 Å². The van der Waals surface area contributed by atoms with Crippen LogP contribution in [0.1, 0.15) is 24.9 Å². The van der Waals surface area contributed by atoms with Crippen molar-refractivity contribution in [2.45, 2.75) is 25.9 Å². The average molecular weight is 308 g/mol. The summed E-state index contributed by atoms with van der Waals surface area (Å²) in [6.45, 7) is 2.38. The smallest absolute Gasteiger partial charge is 0.287 e. The van der Waals surface area contributed by atoms with Crippen LogP contribution in [0.5, 0.6) is 0 Å². The molecule has 0 fully saturated rings. The summed E-state index contributed by atoms with van der Waals surface area (Å²) in [5, 5.41) is 16.8. The van der Waals surface area contributed by atoms with Gasteiger partial charge in [-0.1, -0.05) is 48.9 Å². The largest absolute Gasteiger partial charge is 0.394 e. The molecule has 0 aliphatic carbocycles. The van der Waals surface area contributed by atoms with E-state index in [0.29, 0.717) is 12.2 Å². The van der Waals surface area contributed by atoms with Crippen LogP contribution in [0.25, 0.3) is 0 Å². The fourth-order valence-electron chi connectivity index (χ4n) is 2.04. The van der Waals surface area contributed by atoms with Gasteiger partial charge in [-0.3, -0.25) is 4.79 Å². The summed E-state index contributed by atoms with van der Waals surface area (Å²) in [7, 11) is 0. The quantitative estimate of drug-likeness (QED) is 0.860. The highest BCUT2D eigenvalue weighted by atomic mass is 35.5. The van der Waals surface area contributed by atoms with Gasteiger partial charge >= 0.3 is 0 Å². The lowest BCUT2D eigenvalue weighted by Gasteiger charge is -2.18. The normalized spacial score (nSPS) is 12.1. The highest BCUT2D eigenvalue weighted by Crippen LogP contribution is 2.22. The molecule has 0 radical (unpaired) electrons. The van der Waals surface area contributed by atoms with Gasteiger partial charge in [0.2, 0.25) is 0 Å². The lowest BCUT2D eigenvalue weighted by atomic mass is 10.1. The van der Waals surface area contributed by atoms with E-state index in [-0.39, 0.29) is 23.2 Å². The van der Waals surface area contributed by atoms with Gasteiger partial charge in [0.05, 0.1) is 24.5 Å². The van der Waals surface area contributed by atoms with E-state index in [1.807, 2.05) is 37.3 Å². The van der Waals surface area contributed by atoms with E-state index >= 15 is 0 Å². The van der Waals surface area contributed by atoms with Crippen LogP contribution in [-0.2, 0) is 6.54 Å². The Morgan fingerprint density at radius 1 is 1.38 bits per heavy atom. The Hall–Kier alpha value is -1.85. The summed E-state index contributed by atoms with van der Waals surface area (Å²) in [5.74, 6) is 0. The molecule has 1 aromatic heterocycles. The number of hydrogen-bond donors (Lipinski definition) is 2. The zero-order valence-corrected chi connectivity index (χ0v) is 12.5. The minimum atomic E-state index is -0.341. The number of hydrogen-bond acceptors (Lipinski definition) is 4. The average Bonchev–Trinajstić information content (AvgIpc) is 2.52. The Bertz CT molecular complexity index is 643. The Kier molecular flexibility index (Phi) is 5.36. The van der Waals surface area contributed by atoms with Gasteiger partial charge in [-0.15, -0.1) is 0 Å².